The minimum Gasteiger partial charge on any atom is -0.423 e. The highest BCUT2D eigenvalue weighted by molar-refractivity contribution is 6.01. The van der Waals surface area contributed by atoms with Gasteiger partial charge in [-0.1, -0.05) is 30.3 Å². The van der Waals surface area contributed by atoms with Gasteiger partial charge in [0.1, 0.15) is 0 Å². The van der Waals surface area contributed by atoms with Crippen LogP contribution in [0.15, 0.2) is 66.9 Å². The molecule has 1 aromatic heterocycles. The number of benzene rings is 2. The number of aromatic nitrogens is 1. The van der Waals surface area contributed by atoms with Crippen molar-refractivity contribution in [3.05, 3.63) is 83.7 Å². The molecule has 2 N–H and O–H groups in total. The van der Waals surface area contributed by atoms with Crippen molar-refractivity contribution in [2.75, 3.05) is 16.8 Å². The number of nitrogens with one attached hydrogen (secondary N) is 1. The predicted octanol–water partition coefficient (Wildman–Crippen LogP) is 4.67. The Labute approximate surface area is 189 Å². The molecule has 0 fully saturated rings. The highest BCUT2D eigenvalue weighted by atomic mass is 19.3. The maximum atomic E-state index is 14.4. The molecule has 1 amide bonds. The Balaban J connectivity index is 1.39. The van der Waals surface area contributed by atoms with E-state index in [1.807, 2.05) is 24.3 Å². The van der Waals surface area contributed by atoms with E-state index in [4.69, 9.17) is 4.74 Å². The fourth-order valence-corrected chi connectivity index (χ4v) is 4.20. The van der Waals surface area contributed by atoms with Crippen LogP contribution in [0.25, 0.3) is 5.57 Å². The van der Waals surface area contributed by atoms with Crippen LogP contribution in [0.1, 0.15) is 23.2 Å². The van der Waals surface area contributed by atoms with E-state index >= 15 is 0 Å². The highest BCUT2D eigenvalue weighted by Crippen LogP contribution is 2.42. The SMILES string of the molecule is O=C1N(CCC2=CCc3ccccc32)c2ccc(Nc3ccnc(CO)c3)cc2OC1(F)F. The van der Waals surface area contributed by atoms with Crippen LogP contribution in [0.4, 0.5) is 25.8 Å². The third kappa shape index (κ3) is 4.05. The number of fused-ring (bicyclic) bond motifs is 2. The van der Waals surface area contributed by atoms with Crippen LogP contribution >= 0.6 is 0 Å². The van der Waals surface area contributed by atoms with Crippen molar-refractivity contribution in [3.63, 3.8) is 0 Å². The van der Waals surface area contributed by atoms with E-state index in [0.29, 0.717) is 29.2 Å². The number of hydrogen-bond donors (Lipinski definition) is 2. The molecule has 1 aliphatic heterocycles. The van der Waals surface area contributed by atoms with E-state index in [1.54, 1.807) is 24.3 Å². The summed E-state index contributed by atoms with van der Waals surface area (Å²) in [6, 6.07) is 16.0. The van der Waals surface area contributed by atoms with Crippen LogP contribution in [-0.4, -0.2) is 28.7 Å². The second-order valence-corrected chi connectivity index (χ2v) is 7.92. The van der Waals surface area contributed by atoms with E-state index in [9.17, 15) is 18.7 Å². The maximum absolute atomic E-state index is 14.4. The van der Waals surface area contributed by atoms with E-state index in [0.717, 1.165) is 22.5 Å². The zero-order chi connectivity index (χ0) is 23.0. The number of halogens is 2. The lowest BCUT2D eigenvalue weighted by Crippen LogP contribution is -2.51. The monoisotopic (exact) mass is 449 g/mol. The summed E-state index contributed by atoms with van der Waals surface area (Å²) in [5, 5.41) is 12.3. The van der Waals surface area contributed by atoms with Gasteiger partial charge in [-0.2, -0.15) is 8.78 Å². The van der Waals surface area contributed by atoms with Crippen molar-refractivity contribution in [2.45, 2.75) is 25.6 Å². The molecule has 0 atom stereocenters. The van der Waals surface area contributed by atoms with Crippen LogP contribution in [-0.2, 0) is 17.8 Å². The predicted molar refractivity (Wildman–Crippen MR) is 121 cm³/mol. The normalized spacial score (nSPS) is 16.0. The number of anilines is 3. The van der Waals surface area contributed by atoms with Gasteiger partial charge >= 0.3 is 12.0 Å². The van der Waals surface area contributed by atoms with Gasteiger partial charge in [0.25, 0.3) is 0 Å². The van der Waals surface area contributed by atoms with E-state index in [2.05, 4.69) is 16.4 Å². The molecule has 2 aliphatic rings. The van der Waals surface area contributed by atoms with Crippen molar-refractivity contribution in [3.8, 4) is 5.75 Å². The summed E-state index contributed by atoms with van der Waals surface area (Å²) in [5.41, 5.74) is 5.25. The van der Waals surface area contributed by atoms with Gasteiger partial charge in [0.05, 0.1) is 18.0 Å². The zero-order valence-electron chi connectivity index (χ0n) is 17.6. The number of carbonyl (C=O) groups is 1. The lowest BCUT2D eigenvalue weighted by atomic mass is 10.0. The first-order chi connectivity index (χ1) is 15.9. The van der Waals surface area contributed by atoms with Gasteiger partial charge in [0, 0.05) is 30.2 Å². The molecule has 3 aromatic rings. The minimum absolute atomic E-state index is 0.0816. The Morgan fingerprint density at radius 3 is 2.79 bits per heavy atom. The second kappa shape index (κ2) is 8.29. The quantitative estimate of drug-likeness (QED) is 0.572. The summed E-state index contributed by atoms with van der Waals surface area (Å²) in [5.74, 6) is -1.45. The van der Waals surface area contributed by atoms with Gasteiger partial charge < -0.3 is 15.2 Å². The number of hydrogen-bond acceptors (Lipinski definition) is 5. The molecule has 168 valence electrons. The molecule has 0 spiro atoms. The molecule has 6 nitrogen and oxygen atoms in total. The molecule has 0 saturated carbocycles. The van der Waals surface area contributed by atoms with Gasteiger partial charge in [-0.15, -0.1) is 0 Å². The smallest absolute Gasteiger partial charge is 0.423 e. The fourth-order valence-electron chi connectivity index (χ4n) is 4.20. The molecular formula is C25H21F2N3O3. The summed E-state index contributed by atoms with van der Waals surface area (Å²) >= 11 is 0. The largest absolute Gasteiger partial charge is 0.482 e. The summed E-state index contributed by atoms with van der Waals surface area (Å²) in [7, 11) is 0. The Kier molecular flexibility index (Phi) is 5.30. The molecule has 1 aliphatic carbocycles. The second-order valence-electron chi connectivity index (χ2n) is 7.92. The first kappa shape index (κ1) is 21.1. The number of alkyl halides is 2. The molecular weight excluding hydrogens is 428 g/mol. The van der Waals surface area contributed by atoms with Gasteiger partial charge in [-0.05, 0) is 53.8 Å². The lowest BCUT2D eigenvalue weighted by molar-refractivity contribution is -0.192. The summed E-state index contributed by atoms with van der Waals surface area (Å²) in [6.07, 6.45) is 0.926. The summed E-state index contributed by atoms with van der Waals surface area (Å²) in [4.78, 5) is 17.6. The first-order valence-corrected chi connectivity index (χ1v) is 10.6. The Bertz CT molecular complexity index is 1260. The van der Waals surface area contributed by atoms with Crippen LogP contribution in [0.5, 0.6) is 5.75 Å². The molecule has 8 heteroatoms. The van der Waals surface area contributed by atoms with Crippen LogP contribution < -0.4 is 15.0 Å². The molecule has 0 radical (unpaired) electrons. The van der Waals surface area contributed by atoms with Gasteiger partial charge in [-0.25, -0.2) is 0 Å². The average Bonchev–Trinajstić information content (AvgIpc) is 3.22. The van der Waals surface area contributed by atoms with Crippen molar-refractivity contribution >= 4 is 28.5 Å². The van der Waals surface area contributed by atoms with E-state index < -0.39 is 12.0 Å². The number of amides is 1. The molecule has 5 rings (SSSR count). The molecule has 0 saturated heterocycles. The number of aliphatic hydroxyl groups excluding tert-OH is 1. The van der Waals surface area contributed by atoms with Crippen molar-refractivity contribution < 1.29 is 23.4 Å². The third-order valence-electron chi connectivity index (χ3n) is 5.79. The van der Waals surface area contributed by atoms with Crippen molar-refractivity contribution in [1.82, 2.24) is 4.98 Å². The molecule has 0 unspecified atom stereocenters. The van der Waals surface area contributed by atoms with Gasteiger partial charge in [0.2, 0.25) is 0 Å². The molecule has 2 heterocycles. The summed E-state index contributed by atoms with van der Waals surface area (Å²) in [6.45, 7) is -0.102. The van der Waals surface area contributed by atoms with Crippen LogP contribution in [0.2, 0.25) is 0 Å². The van der Waals surface area contributed by atoms with Gasteiger partial charge in [0.15, 0.2) is 5.75 Å². The maximum Gasteiger partial charge on any atom is 0.482 e. The molecule has 33 heavy (non-hydrogen) atoms. The summed E-state index contributed by atoms with van der Waals surface area (Å²) < 4.78 is 33.7. The number of aliphatic hydroxyl groups is 1. The van der Waals surface area contributed by atoms with Crippen molar-refractivity contribution in [2.24, 2.45) is 0 Å². The number of nitrogens with zero attached hydrogens (tertiary/aromatic N) is 2. The number of ether oxygens (including phenoxy) is 1. The Morgan fingerprint density at radius 2 is 1.94 bits per heavy atom. The van der Waals surface area contributed by atoms with Crippen LogP contribution in [0, 0.1) is 0 Å². The lowest BCUT2D eigenvalue weighted by Gasteiger charge is -2.34. The van der Waals surface area contributed by atoms with Crippen LogP contribution in [0.3, 0.4) is 0 Å². The number of rotatable bonds is 6. The third-order valence-corrected chi connectivity index (χ3v) is 5.79. The minimum atomic E-state index is -3.95. The topological polar surface area (TPSA) is 74.7 Å². The number of carbonyl (C=O) groups excluding carboxylic acids is 1. The fraction of sp³-hybridized carbons (Fsp3) is 0.200. The number of allylic oxidation sites excluding steroid dienone is 1. The Hall–Kier alpha value is -3.78. The highest BCUT2D eigenvalue weighted by Gasteiger charge is 2.50. The number of pyridine rings is 1. The van der Waals surface area contributed by atoms with E-state index in [1.165, 1.54) is 17.8 Å². The standard InChI is InChI=1S/C25H21F2N3O3/c26-25(27)24(32)30(12-10-17-6-5-16-3-1-2-4-21(16)17)22-8-7-18(14-23(22)33-25)29-19-9-11-28-20(13-19)15-31/h1-4,6-9,11,13-14,31H,5,10,12,15H2,(H,28,29). The first-order valence-electron chi connectivity index (χ1n) is 10.6. The molecule has 2 aromatic carbocycles. The molecule has 0 bridgehead atoms. The van der Waals surface area contributed by atoms with Crippen molar-refractivity contribution in [1.29, 1.82) is 0 Å². The Morgan fingerprint density at radius 1 is 1.12 bits per heavy atom. The van der Waals surface area contributed by atoms with E-state index in [-0.39, 0.29) is 18.9 Å². The zero-order valence-corrected chi connectivity index (χ0v) is 17.6. The average molecular weight is 449 g/mol. The van der Waals surface area contributed by atoms with Gasteiger partial charge in [-0.3, -0.25) is 14.7 Å².